The molecule has 1 aromatic carbocycles. The monoisotopic (exact) mass is 461 g/mol. The van der Waals surface area contributed by atoms with Gasteiger partial charge in [-0.1, -0.05) is 27.7 Å². The molecule has 4 rings (SSSR count). The van der Waals surface area contributed by atoms with Gasteiger partial charge in [-0.2, -0.15) is 4.98 Å². The van der Waals surface area contributed by atoms with Gasteiger partial charge in [-0.05, 0) is 42.7 Å². The van der Waals surface area contributed by atoms with Gasteiger partial charge in [-0.15, -0.1) is 10.2 Å². The number of nitro groups is 1. The Bertz CT molecular complexity index is 1090. The molecule has 2 aromatic heterocycles. The normalized spacial score (nSPS) is 15.3. The van der Waals surface area contributed by atoms with Crippen LogP contribution in [0.4, 0.5) is 11.6 Å². The second kappa shape index (κ2) is 7.60. The van der Waals surface area contributed by atoms with Crippen LogP contribution in [0.2, 0.25) is 0 Å². The summed E-state index contributed by atoms with van der Waals surface area (Å²) in [7, 11) is 0. The third-order valence-corrected chi connectivity index (χ3v) is 4.85. The number of rotatable bonds is 4. The summed E-state index contributed by atoms with van der Waals surface area (Å²) in [5.74, 6) is 0.350. The molecule has 0 bridgehead atoms. The Morgan fingerprint density at radius 1 is 1.32 bits per heavy atom. The van der Waals surface area contributed by atoms with Crippen molar-refractivity contribution in [3.05, 3.63) is 56.8 Å². The minimum atomic E-state index is -0.600. The van der Waals surface area contributed by atoms with Crippen molar-refractivity contribution >= 4 is 45.3 Å². The zero-order valence-electron chi connectivity index (χ0n) is 14.3. The quantitative estimate of drug-likeness (QED) is 0.343. The van der Waals surface area contributed by atoms with Gasteiger partial charge in [0.05, 0.1) is 6.07 Å². The number of ether oxygens (including phenoxy) is 1. The van der Waals surface area contributed by atoms with Crippen LogP contribution >= 0.6 is 27.7 Å². The number of thioether (sulfide) groups is 1. The van der Waals surface area contributed by atoms with E-state index < -0.39 is 11.2 Å². The summed E-state index contributed by atoms with van der Waals surface area (Å²) in [5, 5.41) is 22.9. The molecule has 0 unspecified atom stereocenters. The number of benzene rings is 1. The smallest absolute Gasteiger partial charge is 0.433 e. The van der Waals surface area contributed by atoms with Gasteiger partial charge in [0.1, 0.15) is 10.7 Å². The average molecular weight is 462 g/mol. The van der Waals surface area contributed by atoms with E-state index in [4.69, 9.17) is 9.15 Å². The van der Waals surface area contributed by atoms with Crippen molar-refractivity contribution in [1.82, 2.24) is 15.2 Å². The Kier molecular flexibility index (Phi) is 5.01. The van der Waals surface area contributed by atoms with Crippen LogP contribution in [0.3, 0.4) is 0 Å². The molecule has 0 saturated heterocycles. The number of nitrogens with one attached hydrogen (secondary N) is 1. The number of aromatic nitrogens is 3. The summed E-state index contributed by atoms with van der Waals surface area (Å²) >= 11 is 4.82. The summed E-state index contributed by atoms with van der Waals surface area (Å²) in [4.78, 5) is 14.6. The van der Waals surface area contributed by atoms with E-state index in [2.05, 4.69) is 36.4 Å². The summed E-state index contributed by atoms with van der Waals surface area (Å²) in [6, 6.07) is 8.50. The highest BCUT2D eigenvalue weighted by molar-refractivity contribution is 9.10. The number of hydrogen-bond acceptors (Lipinski definition) is 9. The first-order valence-electron chi connectivity index (χ1n) is 7.98. The molecule has 1 aliphatic heterocycles. The minimum Gasteiger partial charge on any atom is -0.448 e. The molecular weight excluding hydrogens is 450 g/mol. The van der Waals surface area contributed by atoms with Crippen molar-refractivity contribution in [2.75, 3.05) is 11.6 Å². The van der Waals surface area contributed by atoms with Gasteiger partial charge in [0.2, 0.25) is 11.0 Å². The van der Waals surface area contributed by atoms with Crippen LogP contribution in [-0.4, -0.2) is 32.6 Å². The van der Waals surface area contributed by atoms with Gasteiger partial charge in [-0.25, -0.2) is 0 Å². The average Bonchev–Trinajstić information content (AvgIpc) is 3.11. The molecule has 0 fully saturated rings. The predicted octanol–water partition coefficient (Wildman–Crippen LogP) is 4.37. The van der Waals surface area contributed by atoms with Crippen molar-refractivity contribution in [1.29, 1.82) is 0 Å². The third-order valence-electron chi connectivity index (χ3n) is 3.82. The topological polar surface area (TPSA) is 116 Å². The van der Waals surface area contributed by atoms with Crippen LogP contribution in [0.5, 0.6) is 5.88 Å². The number of furan rings is 1. The number of fused-ring (bicyclic) bond motifs is 3. The van der Waals surface area contributed by atoms with Crippen molar-refractivity contribution in [2.24, 2.45) is 0 Å². The molecule has 3 aromatic rings. The highest BCUT2D eigenvalue weighted by atomic mass is 79.9. The lowest BCUT2D eigenvalue weighted by atomic mass is 10.1. The Morgan fingerprint density at radius 3 is 2.93 bits per heavy atom. The first-order valence-corrected chi connectivity index (χ1v) is 9.99. The van der Waals surface area contributed by atoms with E-state index >= 15 is 0 Å². The van der Waals surface area contributed by atoms with E-state index in [0.29, 0.717) is 22.5 Å². The van der Waals surface area contributed by atoms with Crippen LogP contribution in [0, 0.1) is 10.1 Å². The van der Waals surface area contributed by atoms with E-state index in [9.17, 15) is 10.1 Å². The van der Waals surface area contributed by atoms with Crippen molar-refractivity contribution < 1.29 is 14.1 Å². The Morgan fingerprint density at radius 2 is 2.18 bits per heavy atom. The Balaban J connectivity index is 1.71. The maximum absolute atomic E-state index is 10.8. The van der Waals surface area contributed by atoms with E-state index in [-0.39, 0.29) is 5.88 Å². The molecule has 11 heteroatoms. The van der Waals surface area contributed by atoms with Crippen LogP contribution in [0.1, 0.15) is 5.76 Å². The first kappa shape index (κ1) is 18.4. The molecule has 1 aliphatic rings. The first-order chi connectivity index (χ1) is 13.5. The molecule has 1 atom stereocenters. The lowest BCUT2D eigenvalue weighted by Crippen LogP contribution is -2.23. The lowest BCUT2D eigenvalue weighted by Gasteiger charge is -2.15. The van der Waals surface area contributed by atoms with Gasteiger partial charge >= 0.3 is 5.88 Å². The second-order valence-corrected chi connectivity index (χ2v) is 7.31. The maximum Gasteiger partial charge on any atom is 0.433 e. The van der Waals surface area contributed by atoms with E-state index in [1.54, 1.807) is 12.2 Å². The fourth-order valence-electron chi connectivity index (χ4n) is 2.58. The highest BCUT2D eigenvalue weighted by Gasteiger charge is 2.24. The maximum atomic E-state index is 10.8. The van der Waals surface area contributed by atoms with E-state index in [1.807, 2.05) is 24.5 Å². The van der Waals surface area contributed by atoms with Gasteiger partial charge < -0.3 is 14.5 Å². The highest BCUT2D eigenvalue weighted by Crippen LogP contribution is 2.38. The molecule has 28 heavy (non-hydrogen) atoms. The molecular formula is C17H12BrN5O4S. The van der Waals surface area contributed by atoms with Gasteiger partial charge in [0.25, 0.3) is 0 Å². The fraction of sp³-hybridized carbons (Fsp3) is 0.118. The zero-order chi connectivity index (χ0) is 19.7. The molecule has 1 N–H and O–H groups in total. The Labute approximate surface area is 171 Å². The molecule has 0 spiro atoms. The molecule has 0 radical (unpaired) electrons. The van der Waals surface area contributed by atoms with Crippen LogP contribution in [-0.2, 0) is 0 Å². The number of anilines is 1. The third kappa shape index (κ3) is 3.71. The molecule has 0 saturated carbocycles. The van der Waals surface area contributed by atoms with Crippen LogP contribution in [0.15, 0.2) is 50.5 Å². The molecule has 3 heterocycles. The number of nitrogens with zero attached hydrogens (tertiary/aromatic N) is 4. The van der Waals surface area contributed by atoms with Gasteiger partial charge in [-0.3, -0.25) is 10.1 Å². The van der Waals surface area contributed by atoms with Crippen molar-refractivity contribution in [3.8, 4) is 17.1 Å². The SMILES string of the molecule is CSc1nnc2c(n1)O[C@H](/C=C/c1ccc([N+](=O)[O-])o1)Nc1ccc(Br)cc1-2. The fourth-order valence-corrected chi connectivity index (χ4v) is 3.23. The molecule has 9 nitrogen and oxygen atoms in total. The van der Waals surface area contributed by atoms with Crippen LogP contribution in [0.25, 0.3) is 17.3 Å². The van der Waals surface area contributed by atoms with Crippen molar-refractivity contribution in [2.45, 2.75) is 11.4 Å². The second-order valence-electron chi connectivity index (χ2n) is 5.62. The zero-order valence-corrected chi connectivity index (χ0v) is 16.7. The number of hydrogen-bond donors (Lipinski definition) is 1. The summed E-state index contributed by atoms with van der Waals surface area (Å²) in [5.41, 5.74) is 2.10. The largest absolute Gasteiger partial charge is 0.448 e. The van der Waals surface area contributed by atoms with Crippen LogP contribution < -0.4 is 10.1 Å². The predicted molar refractivity (Wildman–Crippen MR) is 107 cm³/mol. The minimum absolute atomic E-state index is 0.323. The molecule has 0 aliphatic carbocycles. The summed E-state index contributed by atoms with van der Waals surface area (Å²) in [6.07, 6.45) is 4.53. The van der Waals surface area contributed by atoms with Crippen molar-refractivity contribution in [3.63, 3.8) is 0 Å². The van der Waals surface area contributed by atoms with E-state index in [0.717, 1.165) is 15.7 Å². The Hall–Kier alpha value is -2.92. The van der Waals surface area contributed by atoms with Gasteiger partial charge in [0.15, 0.2) is 11.9 Å². The summed E-state index contributed by atoms with van der Waals surface area (Å²) in [6.45, 7) is 0. The number of halogens is 1. The van der Waals surface area contributed by atoms with Gasteiger partial charge in [0, 0.05) is 15.7 Å². The standard InChI is InChI=1S/C17H12BrN5O4S/c1-28-17-20-16-15(21-22-17)11-8-9(18)2-5-12(11)19-13(27-16)6-3-10-4-7-14(26-10)23(24)25/h2-8,13,19H,1H3/b6-3+/t13-/m1/s1. The molecule has 0 amide bonds. The molecule has 142 valence electrons. The van der Waals surface area contributed by atoms with E-state index in [1.165, 1.54) is 23.9 Å². The summed E-state index contributed by atoms with van der Waals surface area (Å²) < 4.78 is 12.0. The lowest BCUT2D eigenvalue weighted by molar-refractivity contribution is -0.402.